The number of carbonyl (C=O) groups excluding carboxylic acids is 3. The third kappa shape index (κ3) is 6.14. The number of hydroxylamine groups is 2. The lowest BCUT2D eigenvalue weighted by atomic mass is 10.0. The van der Waals surface area contributed by atoms with Crippen LogP contribution in [0.2, 0.25) is 0 Å². The lowest BCUT2D eigenvalue weighted by Crippen LogP contribution is -2.71. The fourth-order valence-electron chi connectivity index (χ4n) is 4.42. The molecule has 2 aromatic carbocycles. The van der Waals surface area contributed by atoms with Crippen LogP contribution in [0.1, 0.15) is 37.0 Å². The van der Waals surface area contributed by atoms with Crippen molar-refractivity contribution >= 4 is 46.8 Å². The Labute approximate surface area is 236 Å². The zero-order valence-electron chi connectivity index (χ0n) is 21.4. The summed E-state index contributed by atoms with van der Waals surface area (Å²) in [5, 5.41) is 9.77. The lowest BCUT2D eigenvalue weighted by molar-refractivity contribution is -0.177. The van der Waals surface area contributed by atoms with Crippen LogP contribution in [-0.4, -0.2) is 63.7 Å². The lowest BCUT2D eigenvalue weighted by Gasteiger charge is -2.52. The maximum absolute atomic E-state index is 13.8. The van der Waals surface area contributed by atoms with Crippen molar-refractivity contribution in [2.24, 2.45) is 0 Å². The van der Waals surface area contributed by atoms with Gasteiger partial charge in [0.1, 0.15) is 22.7 Å². The molecule has 0 spiro atoms. The number of benzene rings is 2. The number of ether oxygens (including phenoxy) is 2. The van der Waals surface area contributed by atoms with Crippen LogP contribution >= 0.6 is 24.0 Å². The number of nitriles is 1. The molecule has 0 aromatic heterocycles. The zero-order chi connectivity index (χ0) is 27.9. The van der Waals surface area contributed by atoms with Gasteiger partial charge in [0.2, 0.25) is 0 Å². The van der Waals surface area contributed by atoms with Crippen LogP contribution in [0.4, 0.5) is 0 Å². The number of esters is 2. The Balaban J connectivity index is 1.66. The highest BCUT2D eigenvalue weighted by molar-refractivity contribution is 8.00. The molecule has 0 bridgehead atoms. The number of amides is 1. The number of fused-ring (bicyclic) bond motifs is 1. The molecule has 1 unspecified atom stereocenters. The van der Waals surface area contributed by atoms with Crippen LogP contribution in [0.3, 0.4) is 0 Å². The van der Waals surface area contributed by atoms with Gasteiger partial charge in [-0.15, -0.1) is 11.8 Å². The highest BCUT2D eigenvalue weighted by Crippen LogP contribution is 2.44. The Morgan fingerprint density at radius 3 is 2.31 bits per heavy atom. The van der Waals surface area contributed by atoms with Crippen molar-refractivity contribution in [2.75, 3.05) is 19.5 Å². The van der Waals surface area contributed by atoms with Crippen LogP contribution < -0.4 is 0 Å². The average Bonchev–Trinajstić information content (AvgIpc) is 2.96. The predicted molar refractivity (Wildman–Crippen MR) is 148 cm³/mol. The molecule has 4 rings (SSSR count). The monoisotopic (exact) mass is 565 g/mol. The molecule has 0 saturated carbocycles. The molecular formula is C28H27N3O6S2. The second-order valence-corrected chi connectivity index (χ2v) is 10.3. The first-order chi connectivity index (χ1) is 18.9. The molecule has 0 radical (unpaired) electrons. The van der Waals surface area contributed by atoms with Gasteiger partial charge in [0, 0.05) is 31.1 Å². The number of β-lactam (4-membered cyclic amide) rings is 1. The average molecular weight is 566 g/mol. The number of thiocarbonyl (C=S) groups is 1. The maximum atomic E-state index is 13.8. The molecule has 202 valence electrons. The van der Waals surface area contributed by atoms with E-state index in [0.717, 1.165) is 11.1 Å². The van der Waals surface area contributed by atoms with E-state index in [1.165, 1.54) is 35.8 Å². The number of carbonyl (C=O) groups is 3. The van der Waals surface area contributed by atoms with E-state index < -0.39 is 35.4 Å². The fourth-order valence-corrected chi connectivity index (χ4v) is 6.07. The third-order valence-electron chi connectivity index (χ3n) is 6.24. The number of thioether (sulfide) groups is 1. The number of hydrogen-bond donors (Lipinski definition) is 0. The summed E-state index contributed by atoms with van der Waals surface area (Å²) >= 11 is 6.82. The summed E-state index contributed by atoms with van der Waals surface area (Å²) in [6.45, 7) is 1.13. The Morgan fingerprint density at radius 2 is 1.77 bits per heavy atom. The maximum Gasteiger partial charge on any atom is 0.356 e. The minimum atomic E-state index is -0.775. The van der Waals surface area contributed by atoms with E-state index >= 15 is 0 Å². The van der Waals surface area contributed by atoms with Gasteiger partial charge in [-0.1, -0.05) is 72.9 Å². The predicted octanol–water partition coefficient (Wildman–Crippen LogP) is 3.91. The van der Waals surface area contributed by atoms with Gasteiger partial charge in [0.25, 0.3) is 5.91 Å². The van der Waals surface area contributed by atoms with E-state index in [1.807, 2.05) is 66.7 Å². The molecule has 2 aliphatic heterocycles. The van der Waals surface area contributed by atoms with E-state index in [2.05, 4.69) is 0 Å². The first-order valence-corrected chi connectivity index (χ1v) is 13.7. The molecule has 39 heavy (non-hydrogen) atoms. The van der Waals surface area contributed by atoms with Crippen LogP contribution in [0.15, 0.2) is 71.9 Å². The highest BCUT2D eigenvalue weighted by Gasteiger charge is 2.57. The molecular weight excluding hydrogens is 538 g/mol. The van der Waals surface area contributed by atoms with Crippen molar-refractivity contribution in [3.8, 4) is 6.07 Å². The molecule has 0 aliphatic carbocycles. The molecule has 11 heteroatoms. The van der Waals surface area contributed by atoms with Crippen molar-refractivity contribution < 1.29 is 28.7 Å². The van der Waals surface area contributed by atoms with Gasteiger partial charge in [-0.3, -0.25) is 19.3 Å². The Hall–Kier alpha value is -3.72. The van der Waals surface area contributed by atoms with E-state index in [0.29, 0.717) is 16.3 Å². The van der Waals surface area contributed by atoms with E-state index in [9.17, 15) is 14.4 Å². The first kappa shape index (κ1) is 28.3. The second kappa shape index (κ2) is 12.9. The minimum absolute atomic E-state index is 0.0529. The smallest absolute Gasteiger partial charge is 0.356 e. The summed E-state index contributed by atoms with van der Waals surface area (Å²) in [6, 6.07) is 19.9. The fraction of sp³-hybridized carbons (Fsp3) is 0.321. The summed E-state index contributed by atoms with van der Waals surface area (Å²) in [5.74, 6) is -1.29. The van der Waals surface area contributed by atoms with Gasteiger partial charge in [-0.05, 0) is 11.1 Å². The standard InChI is InChI=1S/C28H27N3O6S2/c1-18(32)36-16-21-17-39-27-24(31(35-2)22(38)14-9-15-29)26(33)30(27)23(21)28(34)37-25(19-10-5-3-6-11-19)20-12-7-4-8-13-20/h3-8,10-13,24-25,27H,9,14,16-17H2,1-2H3/t24?,27-/m1/s1. The van der Waals surface area contributed by atoms with Gasteiger partial charge in [-0.25, -0.2) is 9.86 Å². The molecule has 9 nitrogen and oxygen atoms in total. The molecule has 1 amide bonds. The van der Waals surface area contributed by atoms with Crippen molar-refractivity contribution in [1.82, 2.24) is 9.96 Å². The second-order valence-electron chi connectivity index (χ2n) is 8.75. The Morgan fingerprint density at radius 1 is 1.15 bits per heavy atom. The molecule has 2 heterocycles. The topological polar surface area (TPSA) is 109 Å². The molecule has 1 fully saturated rings. The van der Waals surface area contributed by atoms with Crippen LogP contribution in [0, 0.1) is 11.3 Å². The third-order valence-corrected chi connectivity index (χ3v) is 7.95. The number of hydrogen-bond acceptors (Lipinski definition) is 9. The Bertz CT molecular complexity index is 1270. The van der Waals surface area contributed by atoms with E-state index in [1.54, 1.807) is 0 Å². The zero-order valence-corrected chi connectivity index (χ0v) is 23.1. The van der Waals surface area contributed by atoms with Gasteiger partial charge in [0.15, 0.2) is 12.1 Å². The summed E-state index contributed by atoms with van der Waals surface area (Å²) in [4.78, 5) is 46.0. The van der Waals surface area contributed by atoms with Crippen molar-refractivity contribution in [1.29, 1.82) is 5.26 Å². The molecule has 2 aromatic rings. The number of rotatable bonds is 10. The minimum Gasteiger partial charge on any atom is -0.461 e. The van der Waals surface area contributed by atoms with Gasteiger partial charge in [-0.2, -0.15) is 5.26 Å². The van der Waals surface area contributed by atoms with Gasteiger partial charge >= 0.3 is 11.9 Å². The Kier molecular flexibility index (Phi) is 9.35. The van der Waals surface area contributed by atoms with Crippen molar-refractivity contribution in [3.63, 3.8) is 0 Å². The van der Waals surface area contributed by atoms with Crippen LogP contribution in [0.25, 0.3) is 0 Å². The summed E-state index contributed by atoms with van der Waals surface area (Å²) < 4.78 is 11.3. The largest absolute Gasteiger partial charge is 0.461 e. The summed E-state index contributed by atoms with van der Waals surface area (Å²) in [6.07, 6.45) is -0.276. The van der Waals surface area contributed by atoms with Gasteiger partial charge < -0.3 is 9.47 Å². The summed E-state index contributed by atoms with van der Waals surface area (Å²) in [7, 11) is 1.41. The normalized spacial score (nSPS) is 18.1. The molecule has 2 atom stereocenters. The van der Waals surface area contributed by atoms with Crippen LogP contribution in [0.5, 0.6) is 0 Å². The first-order valence-electron chi connectivity index (χ1n) is 12.2. The molecule has 1 saturated heterocycles. The van der Waals surface area contributed by atoms with Crippen LogP contribution in [-0.2, 0) is 28.7 Å². The molecule has 2 aliphatic rings. The van der Waals surface area contributed by atoms with Gasteiger partial charge in [0.05, 0.1) is 13.2 Å². The van der Waals surface area contributed by atoms with Crippen molar-refractivity contribution in [2.45, 2.75) is 37.3 Å². The quantitative estimate of drug-likeness (QED) is 0.182. The SMILES string of the molecule is CON(C(=S)CCC#N)C1C(=O)N2C(C(=O)OC(c3ccccc3)c3ccccc3)=C(COC(C)=O)CS[C@H]12. The molecule has 0 N–H and O–H groups in total. The van der Waals surface area contributed by atoms with E-state index in [-0.39, 0.29) is 25.1 Å². The van der Waals surface area contributed by atoms with Crippen molar-refractivity contribution in [3.05, 3.63) is 83.1 Å². The number of nitrogens with zero attached hydrogens (tertiary/aromatic N) is 3. The highest BCUT2D eigenvalue weighted by atomic mass is 32.2. The summed E-state index contributed by atoms with van der Waals surface area (Å²) in [5.41, 5.74) is 2.06. The van der Waals surface area contributed by atoms with E-state index in [4.69, 9.17) is 31.8 Å².